The topological polar surface area (TPSA) is 59.1 Å². The lowest BCUT2D eigenvalue weighted by Crippen LogP contribution is -1.88. The van der Waals surface area contributed by atoms with Gasteiger partial charge in [-0.25, -0.2) is 4.98 Å². The summed E-state index contributed by atoms with van der Waals surface area (Å²) in [5.74, 6) is 0. The summed E-state index contributed by atoms with van der Waals surface area (Å²) >= 11 is 0. The number of nitrogen functional groups attached to an aromatic ring is 1. The molecule has 3 nitrogen and oxygen atoms in total. The highest BCUT2D eigenvalue weighted by atomic mass is 33.1. The molecule has 3 N–H and O–H groups in total. The molecule has 1 aromatic carbocycles. The Bertz CT molecular complexity index is 488. The van der Waals surface area contributed by atoms with Crippen LogP contribution in [0.2, 0.25) is 0 Å². The van der Waals surface area contributed by atoms with Crippen molar-refractivity contribution in [3.8, 4) is 0 Å². The number of nitrogens with two attached hydrogens (primary N) is 1. The third kappa shape index (κ3) is 3.39. The minimum atomic E-state index is 0.0747. The molecule has 0 saturated heterocycles. The Morgan fingerprint density at radius 3 is 2.53 bits per heavy atom. The van der Waals surface area contributed by atoms with Gasteiger partial charge in [-0.05, 0) is 40.6 Å². The van der Waals surface area contributed by atoms with Gasteiger partial charge in [0.15, 0.2) is 0 Å². The van der Waals surface area contributed by atoms with Crippen LogP contribution >= 0.6 is 21.6 Å². The quantitative estimate of drug-likeness (QED) is 0.831. The number of nitrogens with zero attached hydrogens (tertiary/aromatic N) is 1. The van der Waals surface area contributed by atoms with E-state index in [-0.39, 0.29) is 6.61 Å². The Hall–Kier alpha value is -1.17. The lowest BCUT2D eigenvalue weighted by molar-refractivity contribution is 0.282. The molecule has 0 spiro atoms. The van der Waals surface area contributed by atoms with Crippen molar-refractivity contribution in [2.75, 3.05) is 5.73 Å². The number of aliphatic hydroxyl groups excluding tert-OH is 1. The number of rotatable bonds is 4. The highest BCUT2D eigenvalue weighted by Gasteiger charge is 2.02. The largest absolute Gasteiger partial charge is 0.397 e. The molecule has 1 aromatic heterocycles. The van der Waals surface area contributed by atoms with Crippen LogP contribution in [0, 0.1) is 0 Å². The summed E-state index contributed by atoms with van der Waals surface area (Å²) in [4.78, 5) is 5.31. The summed E-state index contributed by atoms with van der Waals surface area (Å²) in [5.41, 5.74) is 7.41. The predicted octanol–water partition coefficient (Wildman–Crippen LogP) is 2.96. The van der Waals surface area contributed by atoms with E-state index in [0.29, 0.717) is 5.69 Å². The van der Waals surface area contributed by atoms with Crippen molar-refractivity contribution >= 4 is 27.3 Å². The molecular formula is C12H12N2OS2. The van der Waals surface area contributed by atoms with Crippen molar-refractivity contribution in [1.82, 2.24) is 4.98 Å². The van der Waals surface area contributed by atoms with E-state index in [9.17, 15) is 0 Å². The van der Waals surface area contributed by atoms with E-state index in [4.69, 9.17) is 10.8 Å². The van der Waals surface area contributed by atoms with E-state index in [1.807, 2.05) is 36.4 Å². The van der Waals surface area contributed by atoms with Gasteiger partial charge < -0.3 is 10.8 Å². The van der Waals surface area contributed by atoms with Gasteiger partial charge in [0.1, 0.15) is 5.03 Å². The van der Waals surface area contributed by atoms with Crippen LogP contribution in [0.25, 0.3) is 0 Å². The van der Waals surface area contributed by atoms with Crippen molar-refractivity contribution in [3.63, 3.8) is 0 Å². The highest BCUT2D eigenvalue weighted by Crippen LogP contribution is 2.38. The number of aliphatic hydroxyl groups is 1. The van der Waals surface area contributed by atoms with Crippen LogP contribution in [-0.4, -0.2) is 10.1 Å². The second-order valence-electron chi connectivity index (χ2n) is 3.37. The molecule has 0 unspecified atom stereocenters. The monoisotopic (exact) mass is 264 g/mol. The van der Waals surface area contributed by atoms with Gasteiger partial charge in [0.25, 0.3) is 0 Å². The number of hydrogen-bond donors (Lipinski definition) is 2. The Kier molecular flexibility index (Phi) is 4.30. The molecule has 0 amide bonds. The Balaban J connectivity index is 2.00. The molecule has 2 aromatic rings. The van der Waals surface area contributed by atoms with E-state index < -0.39 is 0 Å². The predicted molar refractivity (Wildman–Crippen MR) is 72.7 cm³/mol. The van der Waals surface area contributed by atoms with Crippen LogP contribution in [0.4, 0.5) is 5.69 Å². The summed E-state index contributed by atoms with van der Waals surface area (Å²) in [6, 6.07) is 11.4. The Morgan fingerprint density at radius 1 is 1.12 bits per heavy atom. The number of aromatic nitrogens is 1. The minimum absolute atomic E-state index is 0.0747. The molecule has 0 saturated carbocycles. The van der Waals surface area contributed by atoms with Crippen molar-refractivity contribution in [2.45, 2.75) is 16.5 Å². The van der Waals surface area contributed by atoms with Gasteiger partial charge in [0.2, 0.25) is 0 Å². The normalized spacial score (nSPS) is 10.4. The molecule has 0 aliphatic carbocycles. The molecule has 5 heteroatoms. The number of benzene rings is 1. The SMILES string of the molecule is Nc1cccnc1SSc1ccc(CO)cc1. The second kappa shape index (κ2) is 5.95. The average Bonchev–Trinajstić information content (AvgIpc) is 2.38. The van der Waals surface area contributed by atoms with Crippen LogP contribution in [-0.2, 0) is 6.61 Å². The molecule has 0 fully saturated rings. The molecule has 0 aliphatic heterocycles. The average molecular weight is 264 g/mol. The van der Waals surface area contributed by atoms with Crippen LogP contribution < -0.4 is 5.73 Å². The van der Waals surface area contributed by atoms with Crippen LogP contribution in [0.15, 0.2) is 52.5 Å². The first-order valence-corrected chi connectivity index (χ1v) is 7.19. The first kappa shape index (κ1) is 12.3. The number of pyridine rings is 1. The van der Waals surface area contributed by atoms with E-state index in [0.717, 1.165) is 15.5 Å². The molecule has 0 aliphatic rings. The van der Waals surface area contributed by atoms with E-state index in [1.165, 1.54) is 10.8 Å². The third-order valence-corrected chi connectivity index (χ3v) is 4.47. The second-order valence-corrected chi connectivity index (χ2v) is 5.56. The fraction of sp³-hybridized carbons (Fsp3) is 0.0833. The van der Waals surface area contributed by atoms with E-state index in [2.05, 4.69) is 4.98 Å². The zero-order valence-corrected chi connectivity index (χ0v) is 10.7. The summed E-state index contributed by atoms with van der Waals surface area (Å²) in [6.07, 6.45) is 1.73. The van der Waals surface area contributed by atoms with Crippen LogP contribution in [0.1, 0.15) is 5.56 Å². The van der Waals surface area contributed by atoms with Gasteiger partial charge in [-0.15, -0.1) is 0 Å². The summed E-state index contributed by atoms with van der Waals surface area (Å²) in [7, 11) is 3.13. The molecule has 17 heavy (non-hydrogen) atoms. The van der Waals surface area contributed by atoms with Gasteiger partial charge in [-0.1, -0.05) is 22.9 Å². The Labute approximate surface area is 108 Å². The van der Waals surface area contributed by atoms with Crippen molar-refractivity contribution in [2.24, 2.45) is 0 Å². The van der Waals surface area contributed by atoms with Crippen LogP contribution in [0.5, 0.6) is 0 Å². The molecule has 1 heterocycles. The highest BCUT2D eigenvalue weighted by molar-refractivity contribution is 8.76. The first-order chi connectivity index (χ1) is 8.29. The van der Waals surface area contributed by atoms with Crippen molar-refractivity contribution in [1.29, 1.82) is 0 Å². The number of hydrogen-bond acceptors (Lipinski definition) is 5. The third-order valence-electron chi connectivity index (χ3n) is 2.12. The zero-order chi connectivity index (χ0) is 12.1. The van der Waals surface area contributed by atoms with Crippen LogP contribution in [0.3, 0.4) is 0 Å². The first-order valence-electron chi connectivity index (χ1n) is 5.04. The van der Waals surface area contributed by atoms with Gasteiger partial charge in [-0.3, -0.25) is 0 Å². The van der Waals surface area contributed by atoms with Gasteiger partial charge in [0, 0.05) is 11.1 Å². The standard InChI is InChI=1S/C12H12N2OS2/c13-11-2-1-7-14-12(11)17-16-10-5-3-9(8-15)4-6-10/h1-7,15H,8,13H2. The molecule has 88 valence electrons. The fourth-order valence-corrected chi connectivity index (χ4v) is 3.18. The summed E-state index contributed by atoms with van der Waals surface area (Å²) in [5, 5.41) is 9.76. The molecule has 0 atom stereocenters. The van der Waals surface area contributed by atoms with Crippen molar-refractivity contribution in [3.05, 3.63) is 48.2 Å². The maximum atomic E-state index is 8.93. The maximum Gasteiger partial charge on any atom is 0.130 e. The van der Waals surface area contributed by atoms with E-state index in [1.54, 1.807) is 17.0 Å². The summed E-state index contributed by atoms with van der Waals surface area (Å²) in [6.45, 7) is 0.0747. The lowest BCUT2D eigenvalue weighted by atomic mass is 10.2. The van der Waals surface area contributed by atoms with Gasteiger partial charge in [0.05, 0.1) is 12.3 Å². The molecule has 0 bridgehead atoms. The van der Waals surface area contributed by atoms with E-state index >= 15 is 0 Å². The van der Waals surface area contributed by atoms with Crippen molar-refractivity contribution < 1.29 is 5.11 Å². The number of anilines is 1. The Morgan fingerprint density at radius 2 is 1.88 bits per heavy atom. The fourth-order valence-electron chi connectivity index (χ4n) is 1.21. The smallest absolute Gasteiger partial charge is 0.130 e. The van der Waals surface area contributed by atoms with Gasteiger partial charge in [-0.2, -0.15) is 0 Å². The minimum Gasteiger partial charge on any atom is -0.397 e. The zero-order valence-electron chi connectivity index (χ0n) is 9.04. The summed E-state index contributed by atoms with van der Waals surface area (Å²) < 4.78 is 0. The molecular weight excluding hydrogens is 252 g/mol. The molecule has 2 rings (SSSR count). The lowest BCUT2D eigenvalue weighted by Gasteiger charge is -2.03. The van der Waals surface area contributed by atoms with Gasteiger partial charge >= 0.3 is 0 Å². The molecule has 0 radical (unpaired) electrons. The maximum absolute atomic E-state index is 8.93.